The van der Waals surface area contributed by atoms with Crippen LogP contribution in [0.3, 0.4) is 0 Å². The van der Waals surface area contributed by atoms with Gasteiger partial charge in [-0.05, 0) is 38.0 Å². The van der Waals surface area contributed by atoms with Gasteiger partial charge in [0.05, 0.1) is 5.41 Å². The fraction of sp³-hybridized carbons (Fsp3) is 0.938. The van der Waals surface area contributed by atoms with Crippen molar-refractivity contribution in [2.75, 3.05) is 0 Å². The molecule has 5 unspecified atom stereocenters. The van der Waals surface area contributed by atoms with Gasteiger partial charge in [-0.25, -0.2) is 0 Å². The Hall–Kier alpha value is -0.650. The summed E-state index contributed by atoms with van der Waals surface area (Å²) in [6, 6.07) is 0. The van der Waals surface area contributed by atoms with E-state index >= 15 is 0 Å². The molecular weight excluding hydrogens is 272 g/mol. The molecule has 21 heavy (non-hydrogen) atoms. The van der Waals surface area contributed by atoms with Crippen LogP contribution in [0.15, 0.2) is 0 Å². The molecule has 1 aliphatic heterocycles. The highest BCUT2D eigenvalue weighted by molar-refractivity contribution is 5.82. The zero-order valence-electron chi connectivity index (χ0n) is 12.0. The Morgan fingerprint density at radius 1 is 1.05 bits per heavy atom. The molecular formula is C16H20O5. The lowest BCUT2D eigenvalue weighted by atomic mass is 9.11. The third-order valence-electron chi connectivity index (χ3n) is 7.99. The third-order valence-corrected chi connectivity index (χ3v) is 7.99. The molecule has 0 aromatic rings. The van der Waals surface area contributed by atoms with Crippen LogP contribution in [0.5, 0.6) is 0 Å². The Labute approximate surface area is 122 Å². The SMILES string of the molecule is O=C(O)C12CC3C[C@@H]4C5(OOC6(CCCCC6)O5)C(C1)C342. The van der Waals surface area contributed by atoms with Gasteiger partial charge in [-0.1, -0.05) is 6.42 Å². The van der Waals surface area contributed by atoms with E-state index in [4.69, 9.17) is 14.5 Å². The van der Waals surface area contributed by atoms with Crippen LogP contribution in [0.25, 0.3) is 0 Å². The Morgan fingerprint density at radius 3 is 2.52 bits per heavy atom. The molecule has 1 heterocycles. The quantitative estimate of drug-likeness (QED) is 0.752. The molecule has 5 aliphatic carbocycles. The second-order valence-corrected chi connectivity index (χ2v) is 8.23. The number of carbonyl (C=O) groups is 1. The lowest BCUT2D eigenvalue weighted by molar-refractivity contribution is -0.554. The van der Waals surface area contributed by atoms with Crippen molar-refractivity contribution < 1.29 is 24.4 Å². The Balaban J connectivity index is 1.33. The van der Waals surface area contributed by atoms with Crippen molar-refractivity contribution in [2.24, 2.45) is 28.6 Å². The summed E-state index contributed by atoms with van der Waals surface area (Å²) in [5.74, 6) is -0.637. The second kappa shape index (κ2) is 3.03. The first-order valence-electron chi connectivity index (χ1n) is 8.40. The zero-order chi connectivity index (χ0) is 14.1. The summed E-state index contributed by atoms with van der Waals surface area (Å²) >= 11 is 0. The first-order valence-corrected chi connectivity index (χ1v) is 8.40. The number of hydrogen-bond donors (Lipinski definition) is 1. The van der Waals surface area contributed by atoms with Crippen molar-refractivity contribution in [3.8, 4) is 0 Å². The molecule has 5 nitrogen and oxygen atoms in total. The van der Waals surface area contributed by atoms with Gasteiger partial charge in [0.2, 0.25) is 11.6 Å². The summed E-state index contributed by atoms with van der Waals surface area (Å²) in [4.78, 5) is 23.2. The molecule has 1 saturated heterocycles. The molecule has 6 atom stereocenters. The summed E-state index contributed by atoms with van der Waals surface area (Å²) < 4.78 is 6.43. The van der Waals surface area contributed by atoms with E-state index in [1.807, 2.05) is 0 Å². The van der Waals surface area contributed by atoms with Gasteiger partial charge in [0.1, 0.15) is 0 Å². The van der Waals surface area contributed by atoms with Crippen molar-refractivity contribution in [1.82, 2.24) is 0 Å². The van der Waals surface area contributed by atoms with Crippen molar-refractivity contribution in [2.45, 2.75) is 62.9 Å². The van der Waals surface area contributed by atoms with Crippen molar-refractivity contribution in [3.05, 3.63) is 0 Å². The van der Waals surface area contributed by atoms with E-state index in [2.05, 4.69) is 0 Å². The third kappa shape index (κ3) is 0.880. The van der Waals surface area contributed by atoms with Crippen LogP contribution in [-0.2, 0) is 19.3 Å². The van der Waals surface area contributed by atoms with Crippen LogP contribution in [0.1, 0.15) is 51.4 Å². The summed E-state index contributed by atoms with van der Waals surface area (Å²) in [7, 11) is 0. The maximum Gasteiger partial charge on any atom is 0.310 e. The van der Waals surface area contributed by atoms with E-state index in [-0.39, 0.29) is 17.3 Å². The number of fused-ring (bicyclic) bond motifs is 2. The fourth-order valence-corrected chi connectivity index (χ4v) is 7.23. The maximum atomic E-state index is 11.7. The van der Waals surface area contributed by atoms with Crippen molar-refractivity contribution in [3.63, 3.8) is 0 Å². The monoisotopic (exact) mass is 292 g/mol. The van der Waals surface area contributed by atoms with Gasteiger partial charge >= 0.3 is 5.97 Å². The smallest absolute Gasteiger partial charge is 0.310 e. The predicted molar refractivity (Wildman–Crippen MR) is 68.6 cm³/mol. The molecule has 6 aliphatic rings. The summed E-state index contributed by atoms with van der Waals surface area (Å²) in [5, 5.41) is 9.63. The fourth-order valence-electron chi connectivity index (χ4n) is 7.23. The standard InChI is InChI=1S/C16H20O5/c17-12(18)13-7-9-6-10-15(9,13)11(8-13)16(10)19-14(20-21-16)4-2-1-3-5-14/h9-11H,1-8H2,(H,17,18)/t9?,10-,11?,13?,15?,16?/m0/s1. The van der Waals surface area contributed by atoms with E-state index in [0.717, 1.165) is 44.9 Å². The molecule has 0 amide bonds. The number of aliphatic carboxylic acids is 1. The number of carboxylic acid groups (broad SMARTS) is 1. The highest BCUT2D eigenvalue weighted by Gasteiger charge is 3.00. The van der Waals surface area contributed by atoms with Gasteiger partial charge in [-0.3, -0.25) is 4.79 Å². The van der Waals surface area contributed by atoms with Gasteiger partial charge in [-0.2, -0.15) is 9.78 Å². The van der Waals surface area contributed by atoms with Crippen LogP contribution in [0, 0.1) is 28.6 Å². The minimum Gasteiger partial charge on any atom is -0.481 e. The Morgan fingerprint density at radius 2 is 1.86 bits per heavy atom. The Kier molecular flexibility index (Phi) is 1.71. The minimum absolute atomic E-state index is 0.00237. The zero-order valence-corrected chi connectivity index (χ0v) is 12.0. The van der Waals surface area contributed by atoms with Crippen LogP contribution in [-0.4, -0.2) is 22.7 Å². The lowest BCUT2D eigenvalue weighted by Gasteiger charge is -2.92. The van der Waals surface area contributed by atoms with Crippen LogP contribution in [0.4, 0.5) is 0 Å². The molecule has 0 radical (unpaired) electrons. The second-order valence-electron chi connectivity index (χ2n) is 8.23. The first kappa shape index (κ1) is 11.9. The topological polar surface area (TPSA) is 65.0 Å². The van der Waals surface area contributed by atoms with E-state index < -0.39 is 23.0 Å². The molecule has 5 saturated carbocycles. The lowest BCUT2D eigenvalue weighted by Crippen LogP contribution is -2.95. The van der Waals surface area contributed by atoms with E-state index in [1.165, 1.54) is 6.42 Å². The summed E-state index contributed by atoms with van der Waals surface area (Å²) in [6.07, 6.45) is 7.96. The molecule has 6 rings (SSSR count). The first-order chi connectivity index (χ1) is 10.1. The summed E-state index contributed by atoms with van der Waals surface area (Å²) in [5.41, 5.74) is -0.450. The average Bonchev–Trinajstić information content (AvgIpc) is 2.76. The summed E-state index contributed by atoms with van der Waals surface area (Å²) in [6.45, 7) is 0. The number of ether oxygens (including phenoxy) is 1. The van der Waals surface area contributed by atoms with Gasteiger partial charge in [0.15, 0.2) is 0 Å². The van der Waals surface area contributed by atoms with Gasteiger partial charge in [-0.15, -0.1) is 0 Å². The maximum absolute atomic E-state index is 11.7. The molecule has 114 valence electrons. The number of hydrogen-bond acceptors (Lipinski definition) is 4. The molecule has 0 aromatic heterocycles. The molecule has 0 bridgehead atoms. The predicted octanol–water partition coefficient (Wildman–Crippen LogP) is 2.45. The molecule has 6 fully saturated rings. The molecule has 5 heteroatoms. The van der Waals surface area contributed by atoms with Crippen LogP contribution in [0.2, 0.25) is 0 Å². The normalized spacial score (nSPS) is 61.0. The highest BCUT2D eigenvalue weighted by atomic mass is 17.3. The van der Waals surface area contributed by atoms with E-state index in [9.17, 15) is 9.90 Å². The van der Waals surface area contributed by atoms with Crippen molar-refractivity contribution in [1.29, 1.82) is 0 Å². The molecule has 0 aromatic carbocycles. The Bertz CT molecular complexity index is 559. The average molecular weight is 292 g/mol. The van der Waals surface area contributed by atoms with E-state index in [0.29, 0.717) is 5.92 Å². The highest BCUT2D eigenvalue weighted by Crippen LogP contribution is 2.96. The van der Waals surface area contributed by atoms with Crippen LogP contribution >= 0.6 is 0 Å². The van der Waals surface area contributed by atoms with Gasteiger partial charge < -0.3 is 9.84 Å². The van der Waals surface area contributed by atoms with Gasteiger partial charge in [0, 0.05) is 30.1 Å². The minimum atomic E-state index is -0.604. The number of rotatable bonds is 1. The molecule has 3 spiro atoms. The largest absolute Gasteiger partial charge is 0.481 e. The van der Waals surface area contributed by atoms with E-state index in [1.54, 1.807) is 0 Å². The van der Waals surface area contributed by atoms with Crippen LogP contribution < -0.4 is 0 Å². The molecule has 1 N–H and O–H groups in total. The van der Waals surface area contributed by atoms with Gasteiger partial charge in [0.25, 0.3) is 0 Å². The van der Waals surface area contributed by atoms with Crippen molar-refractivity contribution >= 4 is 5.97 Å². The number of carboxylic acids is 1.